The smallest absolute Gasteiger partial charge is 0.407 e. The van der Waals surface area contributed by atoms with Gasteiger partial charge in [-0.2, -0.15) is 13.2 Å². The Hall–Kier alpha value is -0.940. The number of nitrogens with one attached hydrogen (secondary N) is 1. The van der Waals surface area contributed by atoms with Crippen LogP contribution in [0.25, 0.3) is 0 Å². The standard InChI is InChI=1S/C6H10F3NO2/c1-4(2)12-5(11)10-3-6(7,8)9/h4H,3H2,1-2H3,(H,10,11). The number of rotatable bonds is 2. The Bertz CT molecular complexity index is 155. The molecule has 1 amide bonds. The Labute approximate surface area is 67.9 Å². The first kappa shape index (κ1) is 11.1. The van der Waals surface area contributed by atoms with Crippen molar-refractivity contribution in [3.05, 3.63) is 0 Å². The molecule has 0 aliphatic rings. The third-order valence-electron chi connectivity index (χ3n) is 0.776. The summed E-state index contributed by atoms with van der Waals surface area (Å²) in [5.74, 6) is 0. The summed E-state index contributed by atoms with van der Waals surface area (Å²) < 4.78 is 38.8. The molecule has 12 heavy (non-hydrogen) atoms. The lowest BCUT2D eigenvalue weighted by Crippen LogP contribution is -2.35. The van der Waals surface area contributed by atoms with E-state index in [-0.39, 0.29) is 0 Å². The van der Waals surface area contributed by atoms with Crippen LogP contribution in [0.2, 0.25) is 0 Å². The first-order valence-electron chi connectivity index (χ1n) is 3.32. The normalized spacial score (nSPS) is 11.5. The summed E-state index contributed by atoms with van der Waals surface area (Å²) in [7, 11) is 0. The van der Waals surface area contributed by atoms with Gasteiger partial charge in [0.15, 0.2) is 0 Å². The van der Waals surface area contributed by atoms with Crippen LogP contribution in [0.3, 0.4) is 0 Å². The zero-order chi connectivity index (χ0) is 9.78. The van der Waals surface area contributed by atoms with E-state index in [0.717, 1.165) is 0 Å². The van der Waals surface area contributed by atoms with Gasteiger partial charge >= 0.3 is 12.3 Å². The van der Waals surface area contributed by atoms with E-state index in [4.69, 9.17) is 0 Å². The van der Waals surface area contributed by atoms with Gasteiger partial charge in [-0.05, 0) is 13.8 Å². The number of amides is 1. The minimum atomic E-state index is -4.39. The van der Waals surface area contributed by atoms with Crippen LogP contribution in [-0.4, -0.2) is 24.9 Å². The topological polar surface area (TPSA) is 38.3 Å². The highest BCUT2D eigenvalue weighted by Crippen LogP contribution is 2.12. The highest BCUT2D eigenvalue weighted by Gasteiger charge is 2.28. The molecule has 0 spiro atoms. The number of alkyl halides is 3. The highest BCUT2D eigenvalue weighted by molar-refractivity contribution is 5.67. The van der Waals surface area contributed by atoms with E-state index < -0.39 is 24.9 Å². The molecule has 0 radical (unpaired) electrons. The van der Waals surface area contributed by atoms with Gasteiger partial charge in [-0.15, -0.1) is 0 Å². The molecule has 0 aromatic rings. The Balaban J connectivity index is 3.58. The maximum absolute atomic E-state index is 11.5. The Kier molecular flexibility index (Phi) is 3.85. The lowest BCUT2D eigenvalue weighted by molar-refractivity contribution is -0.124. The van der Waals surface area contributed by atoms with Crippen molar-refractivity contribution < 1.29 is 22.7 Å². The number of hydrogen-bond donors (Lipinski definition) is 1. The van der Waals surface area contributed by atoms with Crippen LogP contribution in [0.5, 0.6) is 0 Å². The molecule has 3 nitrogen and oxygen atoms in total. The summed E-state index contributed by atoms with van der Waals surface area (Å²) in [4.78, 5) is 10.5. The molecular formula is C6H10F3NO2. The number of alkyl carbamates (subject to hydrolysis) is 1. The molecule has 0 atom stereocenters. The van der Waals surface area contributed by atoms with E-state index >= 15 is 0 Å². The van der Waals surface area contributed by atoms with Crippen molar-refractivity contribution in [2.24, 2.45) is 0 Å². The molecule has 0 bridgehead atoms. The molecule has 0 saturated carbocycles. The second-order valence-corrected chi connectivity index (χ2v) is 2.42. The van der Waals surface area contributed by atoms with Crippen LogP contribution in [0.1, 0.15) is 13.8 Å². The molecular weight excluding hydrogens is 175 g/mol. The van der Waals surface area contributed by atoms with E-state index in [0.29, 0.717) is 0 Å². The number of halogens is 3. The number of ether oxygens (including phenoxy) is 1. The summed E-state index contributed by atoms with van der Waals surface area (Å²) in [6, 6.07) is 0. The third-order valence-corrected chi connectivity index (χ3v) is 0.776. The molecule has 6 heteroatoms. The van der Waals surface area contributed by atoms with Gasteiger partial charge in [-0.1, -0.05) is 0 Å². The van der Waals surface area contributed by atoms with Crippen LogP contribution in [0.4, 0.5) is 18.0 Å². The SMILES string of the molecule is CC(C)OC(=O)NCC(F)(F)F. The molecule has 0 aromatic carbocycles. The summed E-state index contributed by atoms with van der Waals surface area (Å²) in [5, 5.41) is 1.57. The summed E-state index contributed by atoms with van der Waals surface area (Å²) in [6.45, 7) is 1.74. The van der Waals surface area contributed by atoms with Crippen LogP contribution >= 0.6 is 0 Å². The Morgan fingerprint density at radius 1 is 1.50 bits per heavy atom. The maximum atomic E-state index is 11.5. The van der Waals surface area contributed by atoms with Crippen LogP contribution < -0.4 is 5.32 Å². The number of carbonyl (C=O) groups is 1. The maximum Gasteiger partial charge on any atom is 0.407 e. The molecule has 0 fully saturated rings. The predicted octanol–water partition coefficient (Wildman–Crippen LogP) is 1.68. The molecule has 0 saturated heterocycles. The molecule has 0 aliphatic carbocycles. The van der Waals surface area contributed by atoms with Gasteiger partial charge in [-0.25, -0.2) is 4.79 Å². The zero-order valence-electron chi connectivity index (χ0n) is 6.73. The average molecular weight is 185 g/mol. The number of carbonyl (C=O) groups excluding carboxylic acids is 1. The van der Waals surface area contributed by atoms with Crippen molar-refractivity contribution in [3.8, 4) is 0 Å². The quantitative estimate of drug-likeness (QED) is 0.710. The van der Waals surface area contributed by atoms with Crippen molar-refractivity contribution in [2.45, 2.75) is 26.1 Å². The van der Waals surface area contributed by atoms with Gasteiger partial charge < -0.3 is 10.1 Å². The van der Waals surface area contributed by atoms with E-state index in [1.165, 1.54) is 0 Å². The van der Waals surface area contributed by atoms with E-state index in [9.17, 15) is 18.0 Å². The molecule has 0 aliphatic heterocycles. The van der Waals surface area contributed by atoms with Crippen LogP contribution in [0.15, 0.2) is 0 Å². The molecule has 0 unspecified atom stereocenters. The van der Waals surface area contributed by atoms with Crippen molar-refractivity contribution in [1.82, 2.24) is 5.32 Å². The van der Waals surface area contributed by atoms with E-state index in [1.807, 2.05) is 0 Å². The Morgan fingerprint density at radius 3 is 2.33 bits per heavy atom. The van der Waals surface area contributed by atoms with Gasteiger partial charge in [0.25, 0.3) is 0 Å². The summed E-state index contributed by atoms with van der Waals surface area (Å²) in [5.41, 5.74) is 0. The largest absolute Gasteiger partial charge is 0.447 e. The van der Waals surface area contributed by atoms with Crippen molar-refractivity contribution in [1.29, 1.82) is 0 Å². The van der Waals surface area contributed by atoms with Gasteiger partial charge in [0.2, 0.25) is 0 Å². The number of hydrogen-bond acceptors (Lipinski definition) is 2. The fourth-order valence-corrected chi connectivity index (χ4v) is 0.428. The summed E-state index contributed by atoms with van der Waals surface area (Å²) in [6.07, 6.45) is -5.86. The average Bonchev–Trinajstić information content (AvgIpc) is 1.80. The van der Waals surface area contributed by atoms with E-state index in [1.54, 1.807) is 19.2 Å². The van der Waals surface area contributed by atoms with Crippen molar-refractivity contribution in [2.75, 3.05) is 6.54 Å². The van der Waals surface area contributed by atoms with Crippen molar-refractivity contribution in [3.63, 3.8) is 0 Å². The molecule has 1 N–H and O–H groups in total. The first-order chi connectivity index (χ1) is 5.31. The first-order valence-corrected chi connectivity index (χ1v) is 3.32. The minimum Gasteiger partial charge on any atom is -0.447 e. The van der Waals surface area contributed by atoms with Gasteiger partial charge in [0.05, 0.1) is 6.10 Å². The fraction of sp³-hybridized carbons (Fsp3) is 0.833. The monoisotopic (exact) mass is 185 g/mol. The molecule has 0 rings (SSSR count). The molecule has 0 aromatic heterocycles. The second-order valence-electron chi connectivity index (χ2n) is 2.42. The van der Waals surface area contributed by atoms with Gasteiger partial charge in [-0.3, -0.25) is 0 Å². The molecule has 0 heterocycles. The lowest BCUT2D eigenvalue weighted by Gasteiger charge is -2.10. The van der Waals surface area contributed by atoms with Gasteiger partial charge in [0.1, 0.15) is 6.54 Å². The molecule has 72 valence electrons. The third kappa shape index (κ3) is 7.17. The Morgan fingerprint density at radius 2 is 2.00 bits per heavy atom. The fourth-order valence-electron chi connectivity index (χ4n) is 0.428. The van der Waals surface area contributed by atoms with Crippen LogP contribution in [-0.2, 0) is 4.74 Å². The van der Waals surface area contributed by atoms with Crippen molar-refractivity contribution >= 4 is 6.09 Å². The summed E-state index contributed by atoms with van der Waals surface area (Å²) >= 11 is 0. The van der Waals surface area contributed by atoms with Crippen LogP contribution in [0, 0.1) is 0 Å². The predicted molar refractivity (Wildman–Crippen MR) is 35.7 cm³/mol. The van der Waals surface area contributed by atoms with Gasteiger partial charge in [0, 0.05) is 0 Å². The van der Waals surface area contributed by atoms with E-state index in [2.05, 4.69) is 4.74 Å². The lowest BCUT2D eigenvalue weighted by atomic mass is 10.5. The minimum absolute atomic E-state index is 0.418. The highest BCUT2D eigenvalue weighted by atomic mass is 19.4. The zero-order valence-corrected chi connectivity index (χ0v) is 6.73. The second kappa shape index (κ2) is 4.18.